The van der Waals surface area contributed by atoms with E-state index in [0.29, 0.717) is 37.5 Å². The zero-order valence-electron chi connectivity index (χ0n) is 18.1. The number of phenolic OH excluding ortho intramolecular Hbond substituents is 1. The molecule has 166 valence electrons. The Morgan fingerprint density at radius 1 is 1.21 bits per heavy atom. The number of amides is 1. The maximum absolute atomic E-state index is 13.4. The molecule has 0 fully saturated rings. The van der Waals surface area contributed by atoms with E-state index in [1.807, 2.05) is 34.6 Å². The predicted octanol–water partition coefficient (Wildman–Crippen LogP) is 3.90. The number of nitrogens with one attached hydrogen (secondary N) is 3. The highest BCUT2D eigenvalue weighted by atomic mass is 127. The minimum Gasteiger partial charge on any atom is -0.505 e. The van der Waals surface area contributed by atoms with Crippen LogP contribution in [0.5, 0.6) is 5.75 Å². The Balaban J connectivity index is 0.00000784. The lowest BCUT2D eigenvalue weighted by atomic mass is 9.93. The van der Waals surface area contributed by atoms with Gasteiger partial charge in [0.1, 0.15) is 5.60 Å². The largest absolute Gasteiger partial charge is 0.505 e. The molecule has 0 aromatic heterocycles. The summed E-state index contributed by atoms with van der Waals surface area (Å²) >= 11 is 0. The van der Waals surface area contributed by atoms with Gasteiger partial charge >= 0.3 is 6.09 Å². The lowest BCUT2D eigenvalue weighted by Crippen LogP contribution is -2.57. The number of aromatic hydroxyl groups is 1. The molecule has 4 N–H and O–H groups in total. The molecule has 1 aromatic rings. The molecule has 1 rings (SSSR count). The van der Waals surface area contributed by atoms with Gasteiger partial charge in [0.25, 0.3) is 0 Å². The fourth-order valence-electron chi connectivity index (χ4n) is 2.56. The second-order valence-corrected chi connectivity index (χ2v) is 7.68. The van der Waals surface area contributed by atoms with E-state index in [2.05, 4.69) is 20.9 Å². The lowest BCUT2D eigenvalue weighted by Gasteiger charge is -2.34. The summed E-state index contributed by atoms with van der Waals surface area (Å²) in [6, 6.07) is 4.21. The van der Waals surface area contributed by atoms with E-state index in [1.165, 1.54) is 12.1 Å². The molecule has 29 heavy (non-hydrogen) atoms. The fourth-order valence-corrected chi connectivity index (χ4v) is 2.56. The number of hydrogen-bond donors (Lipinski definition) is 4. The first-order chi connectivity index (χ1) is 13.0. The van der Waals surface area contributed by atoms with E-state index in [-0.39, 0.29) is 29.7 Å². The van der Waals surface area contributed by atoms with Crippen LogP contribution < -0.4 is 16.0 Å². The zero-order chi connectivity index (χ0) is 21.4. The Morgan fingerprint density at radius 3 is 2.31 bits per heavy atom. The zero-order valence-corrected chi connectivity index (χ0v) is 20.4. The van der Waals surface area contributed by atoms with E-state index in [4.69, 9.17) is 4.74 Å². The average Bonchev–Trinajstić information content (AvgIpc) is 2.62. The van der Waals surface area contributed by atoms with Crippen LogP contribution >= 0.6 is 24.0 Å². The van der Waals surface area contributed by atoms with Gasteiger partial charge in [-0.15, -0.1) is 24.0 Å². The smallest absolute Gasteiger partial charge is 0.408 e. The minimum atomic E-state index is -0.667. The molecule has 0 saturated heterocycles. The molecule has 0 unspecified atom stereocenters. The topological polar surface area (TPSA) is 95.0 Å². The molecule has 0 radical (unpaired) electrons. The SMILES string of the molecule is CCC(CC)(CNC(=NC)NCc1ccc(O)c(F)c1)NC(=O)OC(C)(C)C.I. The first kappa shape index (κ1) is 27.2. The monoisotopic (exact) mass is 524 g/mol. The van der Waals surface area contributed by atoms with Crippen molar-refractivity contribution in [3.63, 3.8) is 0 Å². The number of hydrogen-bond acceptors (Lipinski definition) is 4. The van der Waals surface area contributed by atoms with Crippen molar-refractivity contribution in [1.29, 1.82) is 0 Å². The van der Waals surface area contributed by atoms with Crippen molar-refractivity contribution in [2.75, 3.05) is 13.6 Å². The Morgan fingerprint density at radius 2 is 1.83 bits per heavy atom. The number of halogens is 2. The Labute approximate surface area is 189 Å². The summed E-state index contributed by atoms with van der Waals surface area (Å²) in [6.07, 6.45) is 0.951. The molecule has 0 bridgehead atoms. The van der Waals surface area contributed by atoms with Crippen molar-refractivity contribution in [3.8, 4) is 5.75 Å². The maximum atomic E-state index is 13.4. The van der Waals surface area contributed by atoms with Crippen molar-refractivity contribution in [3.05, 3.63) is 29.6 Å². The molecule has 0 aliphatic heterocycles. The second kappa shape index (κ2) is 12.0. The van der Waals surface area contributed by atoms with Crippen LogP contribution in [0.15, 0.2) is 23.2 Å². The summed E-state index contributed by atoms with van der Waals surface area (Å²) in [4.78, 5) is 16.4. The molecular weight excluding hydrogens is 490 g/mol. The van der Waals surface area contributed by atoms with Crippen LogP contribution in [0.25, 0.3) is 0 Å². The van der Waals surface area contributed by atoms with Gasteiger partial charge in [-0.05, 0) is 51.3 Å². The number of carbonyl (C=O) groups excluding carboxylic acids is 1. The summed E-state index contributed by atoms with van der Waals surface area (Å²) in [5.74, 6) is -0.527. The minimum absolute atomic E-state index is 0. The van der Waals surface area contributed by atoms with Gasteiger partial charge in [0.2, 0.25) is 0 Å². The highest BCUT2D eigenvalue weighted by Gasteiger charge is 2.30. The molecule has 0 aliphatic rings. The first-order valence-electron chi connectivity index (χ1n) is 9.47. The molecular formula is C20H34FIN4O3. The van der Waals surface area contributed by atoms with Gasteiger partial charge in [-0.3, -0.25) is 4.99 Å². The van der Waals surface area contributed by atoms with Crippen LogP contribution in [0.2, 0.25) is 0 Å². The van der Waals surface area contributed by atoms with Crippen LogP contribution in [0, 0.1) is 5.82 Å². The number of benzene rings is 1. The molecule has 1 amide bonds. The molecule has 0 spiro atoms. The number of nitrogens with zero attached hydrogens (tertiary/aromatic N) is 1. The molecule has 1 aromatic carbocycles. The normalized spacial score (nSPS) is 12.0. The Kier molecular flexibility index (Phi) is 11.3. The van der Waals surface area contributed by atoms with Crippen molar-refractivity contribution in [2.45, 2.75) is 65.1 Å². The van der Waals surface area contributed by atoms with Gasteiger partial charge in [0, 0.05) is 20.1 Å². The van der Waals surface area contributed by atoms with Crippen LogP contribution in [-0.2, 0) is 11.3 Å². The average molecular weight is 524 g/mol. The Bertz CT molecular complexity index is 689. The van der Waals surface area contributed by atoms with E-state index in [1.54, 1.807) is 13.1 Å². The molecule has 0 saturated carbocycles. The molecule has 0 aliphatic carbocycles. The van der Waals surface area contributed by atoms with Crippen LogP contribution in [0.3, 0.4) is 0 Å². The lowest BCUT2D eigenvalue weighted by molar-refractivity contribution is 0.0448. The number of rotatable bonds is 7. The number of carbonyl (C=O) groups is 1. The number of guanidine groups is 1. The summed E-state index contributed by atoms with van der Waals surface area (Å²) in [7, 11) is 1.63. The third-order valence-electron chi connectivity index (χ3n) is 4.41. The molecule has 0 atom stereocenters. The standard InChI is InChI=1S/C20H33FN4O3.HI/c1-7-20(8-2,25-18(27)28-19(3,4)5)13-24-17(22-6)23-12-14-9-10-16(26)15(21)11-14;/h9-11,26H,7-8,12-13H2,1-6H3,(H,25,27)(H2,22,23,24);1H. The van der Waals surface area contributed by atoms with E-state index < -0.39 is 23.1 Å². The van der Waals surface area contributed by atoms with Gasteiger partial charge in [0.05, 0.1) is 5.54 Å². The van der Waals surface area contributed by atoms with Gasteiger partial charge < -0.3 is 25.8 Å². The summed E-state index contributed by atoms with van der Waals surface area (Å²) in [5.41, 5.74) is -0.394. The summed E-state index contributed by atoms with van der Waals surface area (Å²) < 4.78 is 18.8. The van der Waals surface area contributed by atoms with E-state index in [0.717, 1.165) is 0 Å². The van der Waals surface area contributed by atoms with E-state index in [9.17, 15) is 14.3 Å². The van der Waals surface area contributed by atoms with Crippen LogP contribution in [0.4, 0.5) is 9.18 Å². The third-order valence-corrected chi connectivity index (χ3v) is 4.41. The molecule has 9 heteroatoms. The quantitative estimate of drug-likeness (QED) is 0.247. The predicted molar refractivity (Wildman–Crippen MR) is 124 cm³/mol. The van der Waals surface area contributed by atoms with Crippen molar-refractivity contribution < 1.29 is 19.0 Å². The number of alkyl carbamates (subject to hydrolysis) is 1. The highest BCUT2D eigenvalue weighted by molar-refractivity contribution is 14.0. The van der Waals surface area contributed by atoms with Crippen molar-refractivity contribution >= 4 is 36.0 Å². The van der Waals surface area contributed by atoms with E-state index >= 15 is 0 Å². The van der Waals surface area contributed by atoms with Gasteiger partial charge in [-0.2, -0.15) is 0 Å². The van der Waals surface area contributed by atoms with Crippen molar-refractivity contribution in [2.24, 2.45) is 4.99 Å². The van der Waals surface area contributed by atoms with Crippen LogP contribution in [-0.4, -0.2) is 41.9 Å². The second-order valence-electron chi connectivity index (χ2n) is 7.68. The highest BCUT2D eigenvalue weighted by Crippen LogP contribution is 2.17. The fraction of sp³-hybridized carbons (Fsp3) is 0.600. The molecule has 0 heterocycles. The number of ether oxygens (including phenoxy) is 1. The number of phenols is 1. The van der Waals surface area contributed by atoms with Crippen molar-refractivity contribution in [1.82, 2.24) is 16.0 Å². The maximum Gasteiger partial charge on any atom is 0.408 e. The Hall–Kier alpha value is -1.78. The van der Waals surface area contributed by atoms with Crippen LogP contribution in [0.1, 0.15) is 53.0 Å². The van der Waals surface area contributed by atoms with Gasteiger partial charge in [-0.25, -0.2) is 9.18 Å². The van der Waals surface area contributed by atoms with Gasteiger partial charge in [0.15, 0.2) is 17.5 Å². The summed E-state index contributed by atoms with van der Waals surface area (Å²) in [5, 5.41) is 18.5. The number of aliphatic imine (C=N–C) groups is 1. The molecule has 7 nitrogen and oxygen atoms in total. The third kappa shape index (κ3) is 9.51. The summed E-state index contributed by atoms with van der Waals surface area (Å²) in [6.45, 7) is 10.2. The van der Waals surface area contributed by atoms with Gasteiger partial charge in [-0.1, -0.05) is 19.9 Å². The first-order valence-corrected chi connectivity index (χ1v) is 9.47.